The molecule has 100 valence electrons. The van der Waals surface area contributed by atoms with Gasteiger partial charge < -0.3 is 10.2 Å². The molecule has 0 heterocycles. The molecule has 3 nitrogen and oxygen atoms in total. The molecule has 17 heavy (non-hydrogen) atoms. The molecule has 0 aromatic rings. The molecule has 0 aliphatic heterocycles. The molecular weight excluding hydrogens is 247 g/mol. The third-order valence-corrected chi connectivity index (χ3v) is 3.04. The first-order valence-electron chi connectivity index (χ1n) is 6.50. The molecule has 0 aromatic heterocycles. The second-order valence-electron chi connectivity index (χ2n) is 4.21. The topological polar surface area (TPSA) is 49.4 Å². The molecular formula is C12H26NaO3S-. The summed E-state index contributed by atoms with van der Waals surface area (Å²) >= 11 is -2.33. The Hall–Kier alpha value is 1.07. The van der Waals surface area contributed by atoms with Gasteiger partial charge in [0, 0.05) is 0 Å². The maximum absolute atomic E-state index is 10.0. The van der Waals surface area contributed by atoms with Crippen LogP contribution in [0.4, 0.5) is 0 Å². The quantitative estimate of drug-likeness (QED) is 0.301. The normalized spacial score (nSPS) is 12.1. The molecule has 0 N–H and O–H groups in total. The monoisotopic (exact) mass is 273 g/mol. The van der Waals surface area contributed by atoms with Crippen molar-refractivity contribution < 1.29 is 43.9 Å². The zero-order valence-electron chi connectivity index (χ0n) is 12.4. The van der Waals surface area contributed by atoms with Gasteiger partial charge in [-0.2, -0.15) is 0 Å². The Kier molecular flexibility index (Phi) is 20.5. The van der Waals surface area contributed by atoms with Gasteiger partial charge in [0.25, 0.3) is 0 Å². The number of hydrogen-bond donors (Lipinski definition) is 0. The average molecular weight is 273 g/mol. The fraction of sp³-hybridized carbons (Fsp3) is 1.00. The maximum atomic E-state index is 10.0. The molecule has 1 unspecified atom stereocenters. The summed E-state index contributed by atoms with van der Waals surface area (Å²) in [4.78, 5) is 0. The molecule has 0 bridgehead atoms. The van der Waals surface area contributed by atoms with Gasteiger partial charge in [0.1, 0.15) is 0 Å². The van der Waals surface area contributed by atoms with E-state index in [-0.39, 0.29) is 31.0 Å². The van der Waals surface area contributed by atoms with Gasteiger partial charge in [0.2, 0.25) is 0 Å². The second-order valence-corrected chi connectivity index (χ2v) is 4.85. The molecule has 0 aliphatic rings. The molecule has 0 amide bonds. The zero-order chi connectivity index (χ0) is 12.1. The maximum Gasteiger partial charge on any atom is 1.00 e. The first-order chi connectivity index (χ1) is 7.77. The Bertz CT molecular complexity index is 173. The van der Waals surface area contributed by atoms with Gasteiger partial charge in [-0.3, -0.25) is 0 Å². The van der Waals surface area contributed by atoms with Crippen molar-refractivity contribution in [2.75, 3.05) is 6.61 Å². The third-order valence-electron chi connectivity index (χ3n) is 2.68. The van der Waals surface area contributed by atoms with E-state index in [0.717, 1.165) is 12.8 Å². The summed E-state index contributed by atoms with van der Waals surface area (Å²) in [6.07, 6.45) is 12.5. The summed E-state index contributed by atoms with van der Waals surface area (Å²) in [6, 6.07) is 0. The van der Waals surface area contributed by atoms with Crippen molar-refractivity contribution in [3.05, 3.63) is 0 Å². The van der Waals surface area contributed by atoms with Crippen LogP contribution in [0.5, 0.6) is 0 Å². The number of rotatable bonds is 12. The number of unbranched alkanes of at least 4 members (excludes halogenated alkanes) is 9. The summed E-state index contributed by atoms with van der Waals surface area (Å²) in [6.45, 7) is 2.57. The van der Waals surface area contributed by atoms with E-state index < -0.39 is 11.4 Å². The van der Waals surface area contributed by atoms with Crippen LogP contribution in [0, 0.1) is 0 Å². The zero-order valence-corrected chi connectivity index (χ0v) is 14.2. The molecule has 0 saturated carbocycles. The van der Waals surface area contributed by atoms with Crippen LogP contribution in [0.25, 0.3) is 0 Å². The van der Waals surface area contributed by atoms with E-state index in [1.165, 1.54) is 51.4 Å². The summed E-state index contributed by atoms with van der Waals surface area (Å²) < 4.78 is 24.5. The van der Waals surface area contributed by atoms with Gasteiger partial charge in [0.15, 0.2) is 0 Å². The van der Waals surface area contributed by atoms with Crippen molar-refractivity contribution in [3.63, 3.8) is 0 Å². The van der Waals surface area contributed by atoms with Crippen LogP contribution >= 0.6 is 0 Å². The van der Waals surface area contributed by atoms with Gasteiger partial charge in [-0.15, -0.1) is 0 Å². The molecule has 5 heteroatoms. The van der Waals surface area contributed by atoms with Gasteiger partial charge >= 0.3 is 29.6 Å². The third kappa shape index (κ3) is 19.6. The minimum absolute atomic E-state index is 0. The van der Waals surface area contributed by atoms with Gasteiger partial charge in [-0.1, -0.05) is 64.7 Å². The predicted molar refractivity (Wildman–Crippen MR) is 67.8 cm³/mol. The molecule has 0 fully saturated rings. The van der Waals surface area contributed by atoms with Crippen LogP contribution in [-0.4, -0.2) is 15.4 Å². The summed E-state index contributed by atoms with van der Waals surface area (Å²) in [5.74, 6) is 0. The van der Waals surface area contributed by atoms with Crippen molar-refractivity contribution in [2.24, 2.45) is 0 Å². The number of hydrogen-bond acceptors (Lipinski definition) is 3. The largest absolute Gasteiger partial charge is 1.00 e. The Labute approximate surface area is 132 Å². The Morgan fingerprint density at radius 2 is 1.35 bits per heavy atom. The first kappa shape index (κ1) is 20.4. The van der Waals surface area contributed by atoms with E-state index in [2.05, 4.69) is 11.1 Å². The minimum Gasteiger partial charge on any atom is -1.00 e. The van der Waals surface area contributed by atoms with Gasteiger partial charge in [-0.05, 0) is 6.42 Å². The second kappa shape index (κ2) is 17.1. The molecule has 0 spiro atoms. The molecule has 0 radical (unpaired) electrons. The molecule has 0 rings (SSSR count). The van der Waals surface area contributed by atoms with Crippen LogP contribution in [0.2, 0.25) is 0 Å². The SMILES string of the molecule is CCCCCCCCCCCCOS(=O)[O-].[H-].[Na+]. The summed E-state index contributed by atoms with van der Waals surface area (Å²) in [5, 5.41) is 0. The van der Waals surface area contributed by atoms with Crippen molar-refractivity contribution in [3.8, 4) is 0 Å². The van der Waals surface area contributed by atoms with Gasteiger partial charge in [0.05, 0.1) is 18.0 Å². The van der Waals surface area contributed by atoms with Crippen LogP contribution in [0.1, 0.15) is 72.6 Å². The van der Waals surface area contributed by atoms with E-state index in [4.69, 9.17) is 0 Å². The van der Waals surface area contributed by atoms with E-state index in [1.54, 1.807) is 0 Å². The average Bonchev–Trinajstić information content (AvgIpc) is 2.25. The van der Waals surface area contributed by atoms with Crippen molar-refractivity contribution in [2.45, 2.75) is 71.1 Å². The van der Waals surface area contributed by atoms with Crippen LogP contribution in [0.15, 0.2) is 0 Å². The fourth-order valence-electron chi connectivity index (χ4n) is 1.72. The van der Waals surface area contributed by atoms with Gasteiger partial charge in [-0.25, -0.2) is 4.21 Å². The van der Waals surface area contributed by atoms with Crippen molar-refractivity contribution in [1.82, 2.24) is 0 Å². The smallest absolute Gasteiger partial charge is 1.00 e. The van der Waals surface area contributed by atoms with E-state index in [9.17, 15) is 8.76 Å². The van der Waals surface area contributed by atoms with E-state index in [1.807, 2.05) is 0 Å². The van der Waals surface area contributed by atoms with Crippen LogP contribution in [0.3, 0.4) is 0 Å². The van der Waals surface area contributed by atoms with Crippen LogP contribution < -0.4 is 29.6 Å². The summed E-state index contributed by atoms with van der Waals surface area (Å²) in [5.41, 5.74) is 0. The Morgan fingerprint density at radius 3 is 1.76 bits per heavy atom. The van der Waals surface area contributed by atoms with Crippen LogP contribution in [-0.2, 0) is 15.5 Å². The Morgan fingerprint density at radius 1 is 0.941 bits per heavy atom. The first-order valence-corrected chi connectivity index (χ1v) is 7.50. The molecule has 0 aromatic carbocycles. The standard InChI is InChI=1S/C12H26O3S.Na.H/c1-2-3-4-5-6-7-8-9-10-11-12-15-16(13)14;;/h2-12H2,1H3,(H,13,14);;/q;+1;-1/p-1. The van der Waals surface area contributed by atoms with E-state index in [0.29, 0.717) is 6.61 Å². The predicted octanol–water partition coefficient (Wildman–Crippen LogP) is 0.835. The Balaban J connectivity index is -0.00000112. The molecule has 1 atom stereocenters. The molecule has 0 saturated heterocycles. The fourth-order valence-corrected chi connectivity index (χ4v) is 1.97. The van der Waals surface area contributed by atoms with Crippen molar-refractivity contribution >= 4 is 11.4 Å². The summed E-state index contributed by atoms with van der Waals surface area (Å²) in [7, 11) is 0. The minimum atomic E-state index is -2.33. The van der Waals surface area contributed by atoms with Crippen molar-refractivity contribution in [1.29, 1.82) is 0 Å². The van der Waals surface area contributed by atoms with E-state index >= 15 is 0 Å². The molecule has 0 aliphatic carbocycles.